The van der Waals surface area contributed by atoms with Crippen molar-refractivity contribution in [3.8, 4) is 16.6 Å². The summed E-state index contributed by atoms with van der Waals surface area (Å²) in [5.74, 6) is -0.284. The van der Waals surface area contributed by atoms with E-state index in [1.807, 2.05) is 0 Å². The zero-order valence-corrected chi connectivity index (χ0v) is 18.1. The van der Waals surface area contributed by atoms with Crippen LogP contribution in [0.2, 0.25) is 0 Å². The number of ether oxygens (including phenoxy) is 1. The topological polar surface area (TPSA) is 97.2 Å². The van der Waals surface area contributed by atoms with Gasteiger partial charge in [0.2, 0.25) is 5.88 Å². The van der Waals surface area contributed by atoms with Crippen LogP contribution in [0.4, 0.5) is 5.82 Å². The number of aryl methyl sites for hydroxylation is 1. The van der Waals surface area contributed by atoms with Gasteiger partial charge in [-0.3, -0.25) is 0 Å². The molecule has 158 valence electrons. The molecule has 31 heavy (non-hydrogen) atoms. The van der Waals surface area contributed by atoms with Crippen LogP contribution in [0, 0.1) is 6.92 Å². The van der Waals surface area contributed by atoms with Crippen LogP contribution < -0.4 is 10.1 Å². The lowest BCUT2D eigenvalue weighted by atomic mass is 9.98. The first kappa shape index (κ1) is 20.7. The molecule has 2 aromatic heterocycles. The van der Waals surface area contributed by atoms with Crippen molar-refractivity contribution in [2.75, 3.05) is 18.5 Å². The summed E-state index contributed by atoms with van der Waals surface area (Å²) in [6.45, 7) is 4.99. The van der Waals surface area contributed by atoms with Crippen molar-refractivity contribution >= 4 is 33.9 Å². The van der Waals surface area contributed by atoms with Crippen molar-refractivity contribution in [3.63, 3.8) is 0 Å². The number of thiazole rings is 1. The number of aromatic nitrogens is 3. The molecule has 4 aromatic rings. The summed E-state index contributed by atoms with van der Waals surface area (Å²) in [6, 6.07) is 14.5. The first-order valence-corrected chi connectivity index (χ1v) is 10.8. The summed E-state index contributed by atoms with van der Waals surface area (Å²) < 4.78 is 5.35. The minimum atomic E-state index is -1.06. The Morgan fingerprint density at radius 2 is 2.03 bits per heavy atom. The lowest BCUT2D eigenvalue weighted by Crippen LogP contribution is -2.07. The number of carboxylic acid groups (broad SMARTS) is 1. The minimum Gasteiger partial charge on any atom is -0.477 e. The number of hydrogen-bond donors (Lipinski definition) is 2. The van der Waals surface area contributed by atoms with E-state index in [-0.39, 0.29) is 10.8 Å². The third-order valence-corrected chi connectivity index (χ3v) is 6.02. The maximum atomic E-state index is 11.4. The fraction of sp³-hybridized carbons (Fsp3) is 0.217. The van der Waals surface area contributed by atoms with Gasteiger partial charge in [0.05, 0.1) is 6.61 Å². The second-order valence-electron chi connectivity index (χ2n) is 6.93. The highest BCUT2D eigenvalue weighted by Crippen LogP contribution is 2.32. The quantitative estimate of drug-likeness (QED) is 0.411. The van der Waals surface area contributed by atoms with Gasteiger partial charge in [0.25, 0.3) is 0 Å². The molecule has 0 fully saturated rings. The van der Waals surface area contributed by atoms with Gasteiger partial charge in [-0.05, 0) is 42.2 Å². The Morgan fingerprint density at radius 1 is 1.19 bits per heavy atom. The summed E-state index contributed by atoms with van der Waals surface area (Å²) in [5, 5.41) is 15.7. The number of anilines is 1. The average Bonchev–Trinajstić information content (AvgIpc) is 3.20. The van der Waals surface area contributed by atoms with Crippen LogP contribution in [0.5, 0.6) is 5.88 Å². The van der Waals surface area contributed by atoms with Crippen LogP contribution in [-0.2, 0) is 6.42 Å². The maximum Gasteiger partial charge on any atom is 0.351 e. The normalized spacial score (nSPS) is 10.9. The standard InChI is InChI=1S/C23H22N4O3S/c1-3-30-21-20(23(28)29)31-22(27-21)18-12-19(26-13-25-18)24-11-10-15-8-9-16-6-4-5-7-17(16)14(15)2/h4-9,12-13H,3,10-11H2,1-2H3,(H,28,29)(H,24,25,26). The molecule has 8 heteroatoms. The highest BCUT2D eigenvalue weighted by Gasteiger charge is 2.20. The summed E-state index contributed by atoms with van der Waals surface area (Å²) in [4.78, 5) is 24.3. The average molecular weight is 435 g/mol. The van der Waals surface area contributed by atoms with Gasteiger partial charge in [0.1, 0.15) is 22.8 Å². The van der Waals surface area contributed by atoms with Gasteiger partial charge in [-0.2, -0.15) is 4.98 Å². The molecule has 0 aliphatic heterocycles. The largest absolute Gasteiger partial charge is 0.477 e. The molecule has 0 unspecified atom stereocenters. The van der Waals surface area contributed by atoms with Crippen LogP contribution in [0.1, 0.15) is 27.7 Å². The molecule has 0 aliphatic carbocycles. The number of nitrogens with zero attached hydrogens (tertiary/aromatic N) is 3. The maximum absolute atomic E-state index is 11.4. The van der Waals surface area contributed by atoms with E-state index in [9.17, 15) is 9.90 Å². The molecular weight excluding hydrogens is 412 g/mol. The SMILES string of the molecule is CCOc1nc(-c2cc(NCCc3ccc4ccccc4c3C)ncn2)sc1C(=O)O. The molecule has 0 saturated heterocycles. The molecule has 0 atom stereocenters. The third-order valence-electron chi connectivity index (χ3n) is 4.97. The molecule has 2 N–H and O–H groups in total. The fourth-order valence-electron chi connectivity index (χ4n) is 3.42. The Bertz CT molecular complexity index is 1240. The Morgan fingerprint density at radius 3 is 2.84 bits per heavy atom. The molecule has 7 nitrogen and oxygen atoms in total. The second-order valence-corrected chi connectivity index (χ2v) is 7.93. The van der Waals surface area contributed by atoms with Crippen molar-refractivity contribution < 1.29 is 14.6 Å². The number of hydrogen-bond acceptors (Lipinski definition) is 7. The fourth-order valence-corrected chi connectivity index (χ4v) is 4.24. The highest BCUT2D eigenvalue weighted by molar-refractivity contribution is 7.17. The predicted octanol–water partition coefficient (Wildman–Crippen LogP) is 4.81. The van der Waals surface area contributed by atoms with Crippen molar-refractivity contribution in [2.24, 2.45) is 0 Å². The van der Waals surface area contributed by atoms with Gasteiger partial charge < -0.3 is 15.2 Å². The van der Waals surface area contributed by atoms with Gasteiger partial charge >= 0.3 is 5.97 Å². The summed E-state index contributed by atoms with van der Waals surface area (Å²) in [6.07, 6.45) is 2.30. The number of carbonyl (C=O) groups is 1. The number of aromatic carboxylic acids is 1. The zero-order chi connectivity index (χ0) is 21.8. The first-order valence-electron chi connectivity index (χ1n) is 9.97. The van der Waals surface area contributed by atoms with Gasteiger partial charge in [-0.15, -0.1) is 11.3 Å². The minimum absolute atomic E-state index is 0.0664. The van der Waals surface area contributed by atoms with Crippen LogP contribution >= 0.6 is 11.3 Å². The predicted molar refractivity (Wildman–Crippen MR) is 122 cm³/mol. The van der Waals surface area contributed by atoms with Gasteiger partial charge in [-0.25, -0.2) is 14.8 Å². The van der Waals surface area contributed by atoms with E-state index in [0.29, 0.717) is 29.7 Å². The smallest absolute Gasteiger partial charge is 0.351 e. The number of nitrogens with one attached hydrogen (secondary N) is 1. The van der Waals surface area contributed by atoms with Crippen molar-refractivity contribution in [1.29, 1.82) is 0 Å². The van der Waals surface area contributed by atoms with E-state index < -0.39 is 5.97 Å². The highest BCUT2D eigenvalue weighted by atomic mass is 32.1. The lowest BCUT2D eigenvalue weighted by Gasteiger charge is -2.11. The zero-order valence-electron chi connectivity index (χ0n) is 17.3. The summed E-state index contributed by atoms with van der Waals surface area (Å²) >= 11 is 1.04. The molecular formula is C23H22N4O3S. The van der Waals surface area contributed by atoms with E-state index >= 15 is 0 Å². The monoisotopic (exact) mass is 434 g/mol. The van der Waals surface area contributed by atoms with E-state index in [4.69, 9.17) is 4.74 Å². The van der Waals surface area contributed by atoms with Crippen LogP contribution in [0.15, 0.2) is 48.8 Å². The molecule has 2 heterocycles. The van der Waals surface area contributed by atoms with Crippen LogP contribution in [0.25, 0.3) is 21.5 Å². The van der Waals surface area contributed by atoms with E-state index in [1.54, 1.807) is 13.0 Å². The molecule has 0 spiro atoms. The number of carboxylic acids is 1. The van der Waals surface area contributed by atoms with Gasteiger partial charge in [0.15, 0.2) is 4.88 Å². The number of rotatable bonds is 8. The Labute approximate surface area is 183 Å². The lowest BCUT2D eigenvalue weighted by molar-refractivity contribution is 0.0697. The Balaban J connectivity index is 1.48. The van der Waals surface area contributed by atoms with Crippen molar-refractivity contribution in [2.45, 2.75) is 20.3 Å². The van der Waals surface area contributed by atoms with Crippen molar-refractivity contribution in [3.05, 3.63) is 64.8 Å². The van der Waals surface area contributed by atoms with E-state index in [0.717, 1.165) is 17.8 Å². The molecule has 0 amide bonds. The second kappa shape index (κ2) is 9.09. The molecule has 4 rings (SSSR count). The molecule has 0 bridgehead atoms. The van der Waals surface area contributed by atoms with E-state index in [2.05, 4.69) is 63.6 Å². The first-order chi connectivity index (χ1) is 15.1. The number of benzene rings is 2. The molecule has 0 radical (unpaired) electrons. The third kappa shape index (κ3) is 4.49. The Kier molecular flexibility index (Phi) is 6.08. The molecule has 0 saturated carbocycles. The summed E-state index contributed by atoms with van der Waals surface area (Å²) in [7, 11) is 0. The van der Waals surface area contributed by atoms with Crippen LogP contribution in [-0.4, -0.2) is 39.2 Å². The van der Waals surface area contributed by atoms with Crippen LogP contribution in [0.3, 0.4) is 0 Å². The van der Waals surface area contributed by atoms with Crippen molar-refractivity contribution in [1.82, 2.24) is 15.0 Å². The molecule has 0 aliphatic rings. The summed E-state index contributed by atoms with van der Waals surface area (Å²) in [5.41, 5.74) is 3.13. The van der Waals surface area contributed by atoms with E-state index in [1.165, 1.54) is 28.2 Å². The number of fused-ring (bicyclic) bond motifs is 1. The van der Waals surface area contributed by atoms with Gasteiger partial charge in [-0.1, -0.05) is 36.4 Å². The molecule has 2 aromatic carbocycles. The Hall–Kier alpha value is -3.52. The van der Waals surface area contributed by atoms with Gasteiger partial charge in [0, 0.05) is 12.6 Å².